The number of fused-ring (bicyclic) bond motifs is 1. The molecule has 6 atom stereocenters. The van der Waals surface area contributed by atoms with Crippen molar-refractivity contribution in [3.8, 4) is 0 Å². The summed E-state index contributed by atoms with van der Waals surface area (Å²) in [5, 5.41) is 39.4. The smallest absolute Gasteiger partial charge is 0.353 e. The molecule has 0 radical (unpaired) electrons. The number of nitrogens with two attached hydrogens (primary N) is 1. The first-order chi connectivity index (χ1) is 17.7. The number of anilines is 1. The molecule has 0 unspecified atom stereocenters. The summed E-state index contributed by atoms with van der Waals surface area (Å²) in [4.78, 5) is 53.7. The molecular weight excluding hydrogens is 542 g/mol. The number of β-lactam (4-membered cyclic amide) rings is 1. The van der Waals surface area contributed by atoms with Gasteiger partial charge in [0.25, 0.3) is 0 Å². The molecule has 2 amide bonds. The molecule has 0 aromatic carbocycles. The van der Waals surface area contributed by atoms with Crippen molar-refractivity contribution in [3.05, 3.63) is 28.4 Å². The first-order valence-corrected chi connectivity index (χ1v) is 14.1. The van der Waals surface area contributed by atoms with E-state index in [0.717, 1.165) is 6.07 Å². The number of carboxylic acid groups (broad SMARTS) is 2. The molecule has 1 aromatic heterocycles. The Hall–Kier alpha value is -3.05. The number of aliphatic hydroxyl groups is 1. The van der Waals surface area contributed by atoms with Gasteiger partial charge in [-0.05, 0) is 25.5 Å². The first kappa shape index (κ1) is 28.0. The molecule has 16 heteroatoms. The lowest BCUT2D eigenvalue weighted by Crippen LogP contribution is -2.63. The predicted molar refractivity (Wildman–Crippen MR) is 133 cm³/mol. The quantitative estimate of drug-likeness (QED) is 0.195. The molecule has 206 valence electrons. The lowest BCUT2D eigenvalue weighted by Gasteiger charge is -2.46. The molecule has 7 N–H and O–H groups in total. The number of carbonyl (C=O) groups is 4. The number of hydrogen-bond donors (Lipinski definition) is 6. The molecule has 3 aliphatic rings. The zero-order valence-electron chi connectivity index (χ0n) is 20.3. The Morgan fingerprint density at radius 3 is 2.58 bits per heavy atom. The summed E-state index contributed by atoms with van der Waals surface area (Å²) >= 11 is 1.28. The minimum Gasteiger partial charge on any atom is -0.481 e. The van der Waals surface area contributed by atoms with E-state index >= 15 is 0 Å². The van der Waals surface area contributed by atoms with Gasteiger partial charge in [0.1, 0.15) is 16.4 Å². The number of aliphatic hydroxyl groups excluding tert-OH is 1. The van der Waals surface area contributed by atoms with Crippen LogP contribution in [0.3, 0.4) is 0 Å². The molecular formula is C22H27N5O9S2. The van der Waals surface area contributed by atoms with E-state index in [4.69, 9.17) is 10.2 Å². The molecule has 0 spiro atoms. The molecule has 2 saturated heterocycles. The number of hydrogen-bond acceptors (Lipinski definition) is 10. The third-order valence-corrected chi connectivity index (χ3v) is 9.32. The van der Waals surface area contributed by atoms with Gasteiger partial charge in [0.15, 0.2) is 0 Å². The van der Waals surface area contributed by atoms with Crippen molar-refractivity contribution < 1.29 is 42.9 Å². The second-order valence-corrected chi connectivity index (χ2v) is 12.3. The maximum Gasteiger partial charge on any atom is 0.353 e. The maximum absolute atomic E-state index is 12.9. The zero-order valence-corrected chi connectivity index (χ0v) is 22.0. The van der Waals surface area contributed by atoms with Crippen LogP contribution in [0.1, 0.15) is 26.0 Å². The second kappa shape index (κ2) is 10.3. The Labute approximate surface area is 221 Å². The van der Waals surface area contributed by atoms with Gasteiger partial charge in [-0.15, -0.1) is 11.8 Å². The summed E-state index contributed by atoms with van der Waals surface area (Å²) in [6.07, 6.45) is -1.31. The minimum absolute atomic E-state index is 0.0520. The largest absolute Gasteiger partial charge is 0.481 e. The van der Waals surface area contributed by atoms with Gasteiger partial charge in [0.05, 0.1) is 36.2 Å². The van der Waals surface area contributed by atoms with Crippen LogP contribution in [0.25, 0.3) is 0 Å². The number of carbonyl (C=O) groups excluding carboxylic acids is 2. The summed E-state index contributed by atoms with van der Waals surface area (Å²) < 4.78 is 23.5. The third-order valence-electron chi connectivity index (χ3n) is 6.82. The van der Waals surface area contributed by atoms with E-state index in [1.165, 1.54) is 29.7 Å². The van der Waals surface area contributed by atoms with E-state index in [2.05, 4.69) is 15.6 Å². The Balaban J connectivity index is 1.45. The van der Waals surface area contributed by atoms with Crippen molar-refractivity contribution in [1.29, 1.82) is 0 Å². The monoisotopic (exact) mass is 569 g/mol. The number of pyridine rings is 1. The number of nitrogens with zero attached hydrogens (tertiary/aromatic N) is 2. The van der Waals surface area contributed by atoms with Crippen molar-refractivity contribution in [2.45, 2.75) is 55.0 Å². The van der Waals surface area contributed by atoms with Crippen LogP contribution < -0.4 is 15.8 Å². The lowest BCUT2D eigenvalue weighted by molar-refractivity contribution is -0.163. The van der Waals surface area contributed by atoms with Gasteiger partial charge in [-0.3, -0.25) is 14.4 Å². The predicted octanol–water partition coefficient (Wildman–Crippen LogP) is -1.09. The van der Waals surface area contributed by atoms with E-state index in [1.807, 2.05) is 6.92 Å². The van der Waals surface area contributed by atoms with Gasteiger partial charge in [0, 0.05) is 22.6 Å². The highest BCUT2D eigenvalue weighted by Gasteiger charge is 2.60. The molecule has 0 bridgehead atoms. The highest BCUT2D eigenvalue weighted by atomic mass is 32.2. The molecule has 4 rings (SSSR count). The number of thioether (sulfide) groups is 1. The third kappa shape index (κ3) is 5.13. The van der Waals surface area contributed by atoms with Crippen molar-refractivity contribution in [2.24, 2.45) is 17.0 Å². The molecule has 38 heavy (non-hydrogen) atoms. The number of amides is 2. The van der Waals surface area contributed by atoms with Crippen LogP contribution in [0.4, 0.5) is 5.82 Å². The first-order valence-electron chi connectivity index (χ1n) is 11.6. The molecule has 1 aromatic rings. The van der Waals surface area contributed by atoms with Gasteiger partial charge < -0.3 is 30.9 Å². The van der Waals surface area contributed by atoms with E-state index in [9.17, 15) is 37.8 Å². The number of sulfonamides is 1. The van der Waals surface area contributed by atoms with Crippen molar-refractivity contribution in [3.63, 3.8) is 0 Å². The zero-order chi connectivity index (χ0) is 28.1. The average Bonchev–Trinajstić information content (AvgIpc) is 3.34. The molecule has 14 nitrogen and oxygen atoms in total. The summed E-state index contributed by atoms with van der Waals surface area (Å²) in [6.45, 7) is 3.69. The lowest BCUT2D eigenvalue weighted by atomic mass is 9.79. The van der Waals surface area contributed by atoms with Crippen LogP contribution in [0.2, 0.25) is 0 Å². The number of nitrogens with one attached hydrogen (secondary N) is 2. The SMILES string of the molecule is C[C@@H](O)[C@H]1C(=O)N2C(C(=O)O)=C(S[C@@H]3CN[C@H](C(=O)Nc4ccc(S(N)(=O)=O)c(CC(=O)O)n4)C3)[C@H](C)[C@H]12. The van der Waals surface area contributed by atoms with E-state index in [0.29, 0.717) is 17.9 Å². The van der Waals surface area contributed by atoms with Crippen molar-refractivity contribution in [2.75, 3.05) is 11.9 Å². The number of carboxylic acids is 2. The van der Waals surface area contributed by atoms with Crippen LogP contribution in [-0.2, 0) is 35.6 Å². The van der Waals surface area contributed by atoms with Gasteiger partial charge >= 0.3 is 11.9 Å². The Kier molecular flexibility index (Phi) is 7.55. The Morgan fingerprint density at radius 2 is 2.00 bits per heavy atom. The maximum atomic E-state index is 12.9. The number of aromatic nitrogens is 1. The Morgan fingerprint density at radius 1 is 1.32 bits per heavy atom. The standard InChI is InChI=1S/C22H27N5O9S2/c1-8-17-16(9(2)28)21(32)27(17)18(22(33)34)19(8)37-10-5-12(24-7-10)20(31)26-14-4-3-13(38(23,35)36)11(25-14)6-15(29)30/h3-4,8-10,12,16-17,24,28H,5-7H2,1-2H3,(H,29,30)(H,33,34)(H2,23,35,36)(H,25,26,31)/t8-,9-,10+,12+,16-,17-/m1/s1. The van der Waals surface area contributed by atoms with E-state index in [1.54, 1.807) is 0 Å². The molecule has 0 saturated carbocycles. The second-order valence-electron chi connectivity index (χ2n) is 9.45. The molecule has 0 aliphatic carbocycles. The van der Waals surface area contributed by atoms with Crippen LogP contribution in [-0.4, -0.2) is 87.4 Å². The molecule has 3 aliphatic heterocycles. The van der Waals surface area contributed by atoms with Gasteiger partial charge in [-0.25, -0.2) is 23.3 Å². The number of aliphatic carboxylic acids is 2. The topological polar surface area (TPSA) is 229 Å². The summed E-state index contributed by atoms with van der Waals surface area (Å²) in [5.41, 5.74) is -0.406. The van der Waals surface area contributed by atoms with Gasteiger partial charge in [-0.2, -0.15) is 0 Å². The fraction of sp³-hybridized carbons (Fsp3) is 0.500. The van der Waals surface area contributed by atoms with Crippen LogP contribution in [0.15, 0.2) is 27.6 Å². The summed E-state index contributed by atoms with van der Waals surface area (Å²) in [6, 6.07) is 1.15. The fourth-order valence-electron chi connectivity index (χ4n) is 5.15. The highest BCUT2D eigenvalue weighted by molar-refractivity contribution is 8.03. The number of primary sulfonamides is 1. The van der Waals surface area contributed by atoms with Crippen LogP contribution >= 0.6 is 11.8 Å². The normalized spacial score (nSPS) is 27.6. The van der Waals surface area contributed by atoms with E-state index in [-0.39, 0.29) is 28.4 Å². The minimum atomic E-state index is -4.23. The van der Waals surface area contributed by atoms with Crippen molar-refractivity contribution >= 4 is 51.4 Å². The number of rotatable bonds is 9. The molecule has 2 fully saturated rings. The van der Waals surface area contributed by atoms with Gasteiger partial charge in [0.2, 0.25) is 21.8 Å². The molecule has 4 heterocycles. The Bertz CT molecular complexity index is 1350. The van der Waals surface area contributed by atoms with Crippen LogP contribution in [0, 0.1) is 11.8 Å². The van der Waals surface area contributed by atoms with E-state index < -0.39 is 69.2 Å². The highest BCUT2D eigenvalue weighted by Crippen LogP contribution is 2.51. The summed E-state index contributed by atoms with van der Waals surface area (Å²) in [5.74, 6) is -4.50. The van der Waals surface area contributed by atoms with Crippen molar-refractivity contribution in [1.82, 2.24) is 15.2 Å². The fourth-order valence-corrected chi connectivity index (χ4v) is 7.33. The summed E-state index contributed by atoms with van der Waals surface area (Å²) in [7, 11) is -4.23. The van der Waals surface area contributed by atoms with Gasteiger partial charge in [-0.1, -0.05) is 6.92 Å². The average molecular weight is 570 g/mol. The van der Waals surface area contributed by atoms with Crippen LogP contribution in [0.5, 0.6) is 0 Å².